The summed E-state index contributed by atoms with van der Waals surface area (Å²) in [6.07, 6.45) is 4.47. The van der Waals surface area contributed by atoms with Crippen molar-refractivity contribution in [2.24, 2.45) is 0 Å². The van der Waals surface area contributed by atoms with Gasteiger partial charge in [0.25, 0.3) is 0 Å². The number of hydrogen-bond acceptors (Lipinski definition) is 1. The Morgan fingerprint density at radius 1 is 1.62 bits per heavy atom. The van der Waals surface area contributed by atoms with Crippen LogP contribution >= 0.6 is 0 Å². The van der Waals surface area contributed by atoms with Crippen LogP contribution in [-0.2, 0) is 24.1 Å². The van der Waals surface area contributed by atoms with Crippen LogP contribution in [0.15, 0.2) is 24.3 Å². The third-order valence-corrected chi connectivity index (χ3v) is 2.81. The van der Waals surface area contributed by atoms with Crippen molar-refractivity contribution in [2.75, 3.05) is 11.9 Å². The topological polar surface area (TPSA) is 20.3 Å². The number of amides is 1. The fraction of sp³-hybridized carbons (Fsp3) is 0.231. The molecule has 0 aliphatic heterocycles. The SMILES string of the molecule is CCC(=O)N(C)c1ccc[c-]c1/C=C\[CH]=[W]. The van der Waals surface area contributed by atoms with Gasteiger partial charge in [-0.15, -0.1) is 0 Å². The summed E-state index contributed by atoms with van der Waals surface area (Å²) >= 11 is 1.40. The van der Waals surface area contributed by atoms with Gasteiger partial charge in [-0.05, 0) is 0 Å². The molecule has 84 valence electrons. The molecule has 1 amide bonds. The number of benzene rings is 1. The molecule has 1 rings (SSSR count). The van der Waals surface area contributed by atoms with Crippen LogP contribution in [0.2, 0.25) is 0 Å². The third-order valence-electron chi connectivity index (χ3n) is 2.24. The Labute approximate surface area is 107 Å². The molecule has 0 bridgehead atoms. The van der Waals surface area contributed by atoms with E-state index in [1.165, 1.54) is 19.4 Å². The number of hydrogen-bond donors (Lipinski definition) is 0. The van der Waals surface area contributed by atoms with Crippen molar-refractivity contribution in [1.82, 2.24) is 0 Å². The number of carbonyl (C=O) groups excluding carboxylic acids is 1. The van der Waals surface area contributed by atoms with Gasteiger partial charge in [0.05, 0.1) is 0 Å². The second kappa shape index (κ2) is 6.54. The standard InChI is InChI=1S/C13H14NO.W/c1-4-8-11-9-6-7-10-12(11)14(3)13(15)5-2;/h1,4,6-8,10H,5H2,2-3H3;/q-1;/b8-4-;. The zero-order chi connectivity index (χ0) is 12.0. The molecular weight excluding hydrogens is 370 g/mol. The van der Waals surface area contributed by atoms with Crippen molar-refractivity contribution in [1.29, 1.82) is 0 Å². The van der Waals surface area contributed by atoms with Crippen LogP contribution in [-0.4, -0.2) is 17.4 Å². The van der Waals surface area contributed by atoms with Gasteiger partial charge in [0.15, 0.2) is 0 Å². The molecule has 0 saturated heterocycles. The average molecular weight is 384 g/mol. The van der Waals surface area contributed by atoms with Crippen LogP contribution in [0.4, 0.5) is 5.69 Å². The van der Waals surface area contributed by atoms with Crippen molar-refractivity contribution < 1.29 is 24.1 Å². The molecule has 0 N–H and O–H groups in total. The van der Waals surface area contributed by atoms with Crippen LogP contribution in [0.25, 0.3) is 6.08 Å². The van der Waals surface area contributed by atoms with Crippen LogP contribution in [0.5, 0.6) is 0 Å². The molecule has 0 fully saturated rings. The molecule has 0 heterocycles. The van der Waals surface area contributed by atoms with Crippen LogP contribution in [0.1, 0.15) is 18.9 Å². The first-order valence-corrected chi connectivity index (χ1v) is 6.79. The average Bonchev–Trinajstić information content (AvgIpc) is 2.34. The van der Waals surface area contributed by atoms with E-state index >= 15 is 0 Å². The fourth-order valence-corrected chi connectivity index (χ4v) is 1.66. The molecule has 16 heavy (non-hydrogen) atoms. The number of rotatable bonds is 4. The quantitative estimate of drug-likeness (QED) is 0.730. The van der Waals surface area contributed by atoms with E-state index in [9.17, 15) is 4.79 Å². The van der Waals surface area contributed by atoms with Gasteiger partial charge in [0, 0.05) is 0 Å². The van der Waals surface area contributed by atoms with E-state index in [0.717, 1.165) is 11.3 Å². The van der Waals surface area contributed by atoms with Crippen molar-refractivity contribution in [3.05, 3.63) is 35.9 Å². The van der Waals surface area contributed by atoms with Gasteiger partial charge >= 0.3 is 107 Å². The minimum atomic E-state index is 0.111. The summed E-state index contributed by atoms with van der Waals surface area (Å²) < 4.78 is 2.03. The Morgan fingerprint density at radius 3 is 3.00 bits per heavy atom. The van der Waals surface area contributed by atoms with E-state index in [4.69, 9.17) is 0 Å². The summed E-state index contributed by atoms with van der Waals surface area (Å²) in [6.45, 7) is 1.87. The summed E-state index contributed by atoms with van der Waals surface area (Å²) in [5.74, 6) is 0.111. The van der Waals surface area contributed by atoms with Gasteiger partial charge in [-0.1, -0.05) is 0 Å². The van der Waals surface area contributed by atoms with E-state index < -0.39 is 0 Å². The first-order valence-electron chi connectivity index (χ1n) is 5.09. The van der Waals surface area contributed by atoms with E-state index in [1.54, 1.807) is 11.9 Å². The Morgan fingerprint density at radius 2 is 2.38 bits per heavy atom. The Kier molecular flexibility index (Phi) is 5.34. The molecule has 1 aromatic carbocycles. The van der Waals surface area contributed by atoms with Crippen LogP contribution in [0.3, 0.4) is 0 Å². The molecule has 1 aromatic rings. The molecule has 2 nitrogen and oxygen atoms in total. The van der Waals surface area contributed by atoms with Crippen molar-refractivity contribution in [2.45, 2.75) is 13.3 Å². The van der Waals surface area contributed by atoms with Gasteiger partial charge in [-0.25, -0.2) is 0 Å². The second-order valence-corrected chi connectivity index (χ2v) is 4.25. The monoisotopic (exact) mass is 384 g/mol. The molecule has 0 saturated carbocycles. The van der Waals surface area contributed by atoms with Crippen LogP contribution in [0, 0.1) is 6.07 Å². The van der Waals surface area contributed by atoms with E-state index in [-0.39, 0.29) is 5.91 Å². The van der Waals surface area contributed by atoms with E-state index in [2.05, 4.69) is 6.07 Å². The number of allylic oxidation sites excluding steroid dienone is 1. The summed E-state index contributed by atoms with van der Waals surface area (Å²) in [4.78, 5) is 13.3. The molecule has 0 spiro atoms. The predicted molar refractivity (Wildman–Crippen MR) is 64.1 cm³/mol. The van der Waals surface area contributed by atoms with Gasteiger partial charge in [0.1, 0.15) is 0 Å². The summed E-state index contributed by atoms with van der Waals surface area (Å²) in [5, 5.41) is 0. The maximum atomic E-state index is 11.6. The molecule has 3 heteroatoms. The number of nitrogens with zero attached hydrogens (tertiary/aromatic N) is 1. The Bertz CT molecular complexity index is 412. The molecule has 0 atom stereocenters. The Hall–Kier alpha value is -1.01. The van der Waals surface area contributed by atoms with Gasteiger partial charge in [-0.3, -0.25) is 0 Å². The second-order valence-electron chi connectivity index (χ2n) is 3.27. The van der Waals surface area contributed by atoms with Gasteiger partial charge < -0.3 is 0 Å². The van der Waals surface area contributed by atoms with Crippen molar-refractivity contribution in [3.63, 3.8) is 0 Å². The maximum absolute atomic E-state index is 11.6. The molecule has 0 aliphatic carbocycles. The van der Waals surface area contributed by atoms with Crippen LogP contribution < -0.4 is 4.90 Å². The van der Waals surface area contributed by atoms with Crippen molar-refractivity contribution >= 4 is 22.1 Å². The molecule has 0 aliphatic rings. The Balaban J connectivity index is 3.07. The predicted octanol–water partition coefficient (Wildman–Crippen LogP) is 2.22. The summed E-state index contributed by atoms with van der Waals surface area (Å²) in [6, 6.07) is 8.83. The van der Waals surface area contributed by atoms with E-state index in [1.807, 2.05) is 41.7 Å². The number of anilines is 1. The third kappa shape index (κ3) is 3.24. The summed E-state index contributed by atoms with van der Waals surface area (Å²) in [5.41, 5.74) is 1.85. The molecular formula is C13H14NOW-. The van der Waals surface area contributed by atoms with Gasteiger partial charge in [0.2, 0.25) is 0 Å². The molecule has 0 radical (unpaired) electrons. The minimum absolute atomic E-state index is 0.111. The molecule has 0 unspecified atom stereocenters. The fourth-order valence-electron chi connectivity index (χ4n) is 1.37. The first-order chi connectivity index (χ1) is 7.70. The van der Waals surface area contributed by atoms with E-state index in [0.29, 0.717) is 6.42 Å². The zero-order valence-corrected chi connectivity index (χ0v) is 12.4. The van der Waals surface area contributed by atoms with Crippen molar-refractivity contribution in [3.8, 4) is 0 Å². The zero-order valence-electron chi connectivity index (χ0n) is 9.43. The van der Waals surface area contributed by atoms with Gasteiger partial charge in [-0.2, -0.15) is 0 Å². The first kappa shape index (κ1) is 13.1. The number of carbonyl (C=O) groups is 1. The normalized spacial score (nSPS) is 10.4. The molecule has 0 aromatic heterocycles. The summed E-state index contributed by atoms with van der Waals surface area (Å²) in [7, 11) is 1.80.